The number of thiazole rings is 1. The van der Waals surface area contributed by atoms with Gasteiger partial charge in [-0.25, -0.2) is 9.78 Å². The molecule has 0 bridgehead atoms. The lowest BCUT2D eigenvalue weighted by atomic mass is 9.96. The van der Waals surface area contributed by atoms with Gasteiger partial charge in [0.2, 0.25) is 17.7 Å². The fraction of sp³-hybridized carbons (Fsp3) is 0.452. The van der Waals surface area contributed by atoms with E-state index in [-0.39, 0.29) is 37.7 Å². The smallest absolute Gasteiger partial charge is 0.408 e. The second-order valence-corrected chi connectivity index (χ2v) is 15.2. The Morgan fingerprint density at radius 3 is 2.22 bits per heavy atom. The molecule has 0 aliphatic heterocycles. The van der Waals surface area contributed by atoms with Crippen molar-refractivity contribution >= 4 is 45.9 Å². The SMILES string of the molecule is CCC(C)CN(CC)C(=O)CC(O)C(CC(C)C)NC(=O)[C@H](Cc1nccs1)NC(=O)[C@H](Cc1cccc2ccccc12)NC(=O)OCc1ccccc1. The number of hydrogen-bond acceptors (Lipinski definition) is 8. The molecule has 3 unspecified atom stereocenters. The molecule has 11 nitrogen and oxygen atoms in total. The summed E-state index contributed by atoms with van der Waals surface area (Å²) in [7, 11) is 0. The standard InChI is InChI=1S/C42H55N5O6S/c1-6-29(5)26-47(7-2)39(49)25-37(48)34(22-28(3)4)44-41(51)36(24-38-43-20-21-54-38)45-40(50)35(46-42(52)53-27-30-14-9-8-10-15-30)23-32-18-13-17-31-16-11-12-19-33(31)32/h8-21,28-29,34-37,48H,6-7,22-27H2,1-5H3,(H,44,51)(H,45,50)(H,46,52)/t29?,34?,35-,36-,37?/m0/s1. The van der Waals surface area contributed by atoms with Gasteiger partial charge in [0.05, 0.1) is 23.6 Å². The van der Waals surface area contributed by atoms with E-state index in [1.807, 2.05) is 93.6 Å². The molecule has 0 saturated heterocycles. The molecule has 0 fully saturated rings. The minimum absolute atomic E-state index is 0.0140. The summed E-state index contributed by atoms with van der Waals surface area (Å²) >= 11 is 1.35. The number of carbonyl (C=O) groups excluding carboxylic acids is 4. The number of rotatable bonds is 20. The van der Waals surface area contributed by atoms with E-state index in [4.69, 9.17) is 4.74 Å². The van der Waals surface area contributed by atoms with Gasteiger partial charge in [-0.05, 0) is 47.1 Å². The highest BCUT2D eigenvalue weighted by atomic mass is 32.1. The van der Waals surface area contributed by atoms with Gasteiger partial charge in [0, 0.05) is 37.5 Å². The highest BCUT2D eigenvalue weighted by Gasteiger charge is 2.32. The van der Waals surface area contributed by atoms with E-state index in [0.717, 1.165) is 28.3 Å². The van der Waals surface area contributed by atoms with E-state index in [2.05, 4.69) is 34.8 Å². The minimum atomic E-state index is -1.15. The van der Waals surface area contributed by atoms with Crippen molar-refractivity contribution in [3.8, 4) is 0 Å². The van der Waals surface area contributed by atoms with E-state index in [1.54, 1.807) is 16.5 Å². The first-order chi connectivity index (χ1) is 26.0. The molecule has 0 aliphatic rings. The third-order valence-corrected chi connectivity index (χ3v) is 10.3. The average molecular weight is 758 g/mol. The second-order valence-electron chi connectivity index (χ2n) is 14.3. The lowest BCUT2D eigenvalue weighted by Gasteiger charge is -2.30. The fourth-order valence-corrected chi connectivity index (χ4v) is 6.95. The number of aliphatic hydroxyl groups is 1. The molecule has 1 heterocycles. The van der Waals surface area contributed by atoms with Gasteiger partial charge >= 0.3 is 6.09 Å². The molecule has 3 aromatic carbocycles. The van der Waals surface area contributed by atoms with Gasteiger partial charge in [-0.2, -0.15) is 0 Å². The van der Waals surface area contributed by atoms with Crippen LogP contribution in [0.2, 0.25) is 0 Å². The maximum absolute atomic E-state index is 14.2. The zero-order chi connectivity index (χ0) is 39.0. The van der Waals surface area contributed by atoms with Gasteiger partial charge < -0.3 is 30.7 Å². The molecule has 0 saturated carbocycles. The van der Waals surface area contributed by atoms with Crippen LogP contribution >= 0.6 is 11.3 Å². The first kappa shape index (κ1) is 41.9. The Morgan fingerprint density at radius 2 is 1.54 bits per heavy atom. The molecule has 12 heteroatoms. The molecule has 4 aromatic rings. The molecule has 0 aliphatic carbocycles. The second kappa shape index (κ2) is 21.2. The van der Waals surface area contributed by atoms with Gasteiger partial charge in [0.25, 0.3) is 0 Å². The van der Waals surface area contributed by atoms with Crippen LogP contribution in [0.1, 0.15) is 70.0 Å². The van der Waals surface area contributed by atoms with Crippen LogP contribution in [-0.4, -0.2) is 76.1 Å². The number of nitrogens with zero attached hydrogens (tertiary/aromatic N) is 2. The lowest BCUT2D eigenvalue weighted by molar-refractivity contribution is -0.135. The quantitative estimate of drug-likeness (QED) is 0.0860. The van der Waals surface area contributed by atoms with E-state index in [9.17, 15) is 24.3 Å². The highest BCUT2D eigenvalue weighted by Crippen LogP contribution is 2.21. The molecule has 0 spiro atoms. The van der Waals surface area contributed by atoms with Crippen molar-refractivity contribution in [1.82, 2.24) is 25.8 Å². The maximum Gasteiger partial charge on any atom is 0.408 e. The van der Waals surface area contributed by atoms with Gasteiger partial charge in [0.1, 0.15) is 18.7 Å². The van der Waals surface area contributed by atoms with Crippen molar-refractivity contribution in [2.45, 2.75) is 97.6 Å². The van der Waals surface area contributed by atoms with Crippen LogP contribution in [0.5, 0.6) is 0 Å². The Hall–Kier alpha value is -4.81. The largest absolute Gasteiger partial charge is 0.445 e. The van der Waals surface area contributed by atoms with Crippen molar-refractivity contribution in [2.75, 3.05) is 13.1 Å². The van der Waals surface area contributed by atoms with Gasteiger partial charge in [-0.3, -0.25) is 14.4 Å². The summed E-state index contributed by atoms with van der Waals surface area (Å²) in [6, 6.07) is 19.8. The number of nitrogens with one attached hydrogen (secondary N) is 3. The van der Waals surface area contributed by atoms with Crippen molar-refractivity contribution < 1.29 is 29.0 Å². The topological polar surface area (TPSA) is 150 Å². The molecule has 5 atom stereocenters. The number of aromatic nitrogens is 1. The molecule has 290 valence electrons. The average Bonchev–Trinajstić information content (AvgIpc) is 3.68. The van der Waals surface area contributed by atoms with Gasteiger partial charge in [-0.15, -0.1) is 11.3 Å². The fourth-order valence-electron chi connectivity index (χ4n) is 6.28. The van der Waals surface area contributed by atoms with Crippen LogP contribution in [0, 0.1) is 11.8 Å². The molecule has 4 amide bonds. The first-order valence-electron chi connectivity index (χ1n) is 18.9. The molecular weight excluding hydrogens is 703 g/mol. The zero-order valence-corrected chi connectivity index (χ0v) is 32.8. The van der Waals surface area contributed by atoms with Crippen molar-refractivity contribution in [3.63, 3.8) is 0 Å². The third kappa shape index (κ3) is 12.9. The van der Waals surface area contributed by atoms with Crippen molar-refractivity contribution in [1.29, 1.82) is 0 Å². The molecule has 54 heavy (non-hydrogen) atoms. The molecule has 4 N–H and O–H groups in total. The Balaban J connectivity index is 1.56. The zero-order valence-electron chi connectivity index (χ0n) is 32.0. The number of benzene rings is 3. The first-order valence-corrected chi connectivity index (χ1v) is 19.7. The lowest BCUT2D eigenvalue weighted by Crippen LogP contribution is -2.57. The number of hydrogen-bond donors (Lipinski definition) is 4. The molecule has 1 aromatic heterocycles. The Bertz CT molecular complexity index is 1780. The van der Waals surface area contributed by atoms with Gasteiger partial charge in [-0.1, -0.05) is 107 Å². The van der Waals surface area contributed by atoms with Crippen LogP contribution in [0.4, 0.5) is 4.79 Å². The molecular formula is C42H55N5O6S. The van der Waals surface area contributed by atoms with Crippen molar-refractivity contribution in [3.05, 3.63) is 101 Å². The number of alkyl carbamates (subject to hydrolysis) is 1. The summed E-state index contributed by atoms with van der Waals surface area (Å²) in [6.45, 7) is 11.2. The summed E-state index contributed by atoms with van der Waals surface area (Å²) in [5.74, 6) is -0.889. The van der Waals surface area contributed by atoms with Gasteiger partial charge in [0.15, 0.2) is 0 Å². The van der Waals surface area contributed by atoms with Crippen LogP contribution in [0.25, 0.3) is 10.8 Å². The highest BCUT2D eigenvalue weighted by molar-refractivity contribution is 7.09. The van der Waals surface area contributed by atoms with Crippen LogP contribution in [0.15, 0.2) is 84.4 Å². The van der Waals surface area contributed by atoms with Crippen LogP contribution in [0.3, 0.4) is 0 Å². The predicted octanol–water partition coefficient (Wildman–Crippen LogP) is 6.04. The normalized spacial score (nSPS) is 14.1. The summed E-state index contributed by atoms with van der Waals surface area (Å²) in [5, 5.41) is 24.3. The minimum Gasteiger partial charge on any atom is -0.445 e. The Labute approximate surface area is 322 Å². The number of fused-ring (bicyclic) bond motifs is 1. The van der Waals surface area contributed by atoms with Crippen LogP contribution < -0.4 is 16.0 Å². The monoisotopic (exact) mass is 757 g/mol. The summed E-state index contributed by atoms with van der Waals surface area (Å²) in [6.07, 6.45) is 1.10. The van der Waals surface area contributed by atoms with E-state index in [0.29, 0.717) is 30.4 Å². The number of ether oxygens (including phenoxy) is 1. The van der Waals surface area contributed by atoms with Crippen LogP contribution in [-0.2, 0) is 38.6 Å². The number of carbonyl (C=O) groups is 4. The third-order valence-electron chi connectivity index (χ3n) is 9.49. The molecule has 4 rings (SSSR count). The predicted molar refractivity (Wildman–Crippen MR) is 213 cm³/mol. The summed E-state index contributed by atoms with van der Waals surface area (Å²) in [5.41, 5.74) is 1.62. The van der Waals surface area contributed by atoms with Crippen molar-refractivity contribution in [2.24, 2.45) is 11.8 Å². The Kier molecular flexibility index (Phi) is 16.4. The summed E-state index contributed by atoms with van der Waals surface area (Å²) < 4.78 is 5.50. The number of aliphatic hydroxyl groups excluding tert-OH is 1. The number of amides is 4. The van der Waals surface area contributed by atoms with E-state index >= 15 is 0 Å². The Morgan fingerprint density at radius 1 is 0.852 bits per heavy atom. The summed E-state index contributed by atoms with van der Waals surface area (Å²) in [4.78, 5) is 60.9. The van der Waals surface area contributed by atoms with E-state index in [1.165, 1.54) is 11.3 Å². The molecule has 0 radical (unpaired) electrons. The van der Waals surface area contributed by atoms with E-state index < -0.39 is 42.1 Å². The maximum atomic E-state index is 14.2.